The van der Waals surface area contributed by atoms with Gasteiger partial charge in [-0.25, -0.2) is 15.0 Å². The Hall–Kier alpha value is -7.16. The lowest BCUT2D eigenvalue weighted by molar-refractivity contribution is 0.353. The van der Waals surface area contributed by atoms with Crippen molar-refractivity contribution < 1.29 is 4.42 Å². The molecule has 11 rings (SSSR count). The van der Waals surface area contributed by atoms with Crippen molar-refractivity contribution in [1.29, 1.82) is 5.26 Å². The van der Waals surface area contributed by atoms with Crippen LogP contribution in [0.2, 0.25) is 0 Å². The third-order valence-corrected chi connectivity index (χ3v) is 12.2. The molecule has 5 heteroatoms. The molecule has 2 heterocycles. The molecule has 1 spiro atoms. The van der Waals surface area contributed by atoms with Gasteiger partial charge in [0.15, 0.2) is 17.5 Å². The number of nitriles is 1. The van der Waals surface area contributed by atoms with E-state index in [1.807, 2.05) is 60.7 Å². The molecule has 0 atom stereocenters. The Morgan fingerprint density at radius 3 is 1.74 bits per heavy atom. The Bertz CT molecular complexity index is 3040. The standard InChI is InChI=1S/C52H36N4O/c53-32-33-13-26-45-44(29-33)41-24-22-39(30-46(41)52(45)27-7-2-8-28-52)36-16-14-34(15-17-36)35-18-20-38(21-19-35)50-54-49(37-9-3-1-4-10-37)55-51(56-50)40-23-25-43-42-11-5-6-12-47(42)57-48(43)31-40/h1,3-6,9-26,29-31H,2,7-8,27-28H2. The van der Waals surface area contributed by atoms with Crippen LogP contribution in [0.15, 0.2) is 162 Å². The van der Waals surface area contributed by atoms with E-state index < -0.39 is 0 Å². The van der Waals surface area contributed by atoms with E-state index in [1.165, 1.54) is 52.6 Å². The van der Waals surface area contributed by atoms with Crippen LogP contribution in [-0.4, -0.2) is 15.0 Å². The van der Waals surface area contributed by atoms with Crippen LogP contribution in [0.3, 0.4) is 0 Å². The Labute approximate surface area is 331 Å². The normalized spacial score (nSPS) is 14.1. The zero-order chi connectivity index (χ0) is 37.9. The number of para-hydroxylation sites is 1. The largest absolute Gasteiger partial charge is 0.456 e. The first-order valence-electron chi connectivity index (χ1n) is 19.8. The molecule has 57 heavy (non-hydrogen) atoms. The molecule has 1 fully saturated rings. The van der Waals surface area contributed by atoms with Crippen molar-refractivity contribution in [2.24, 2.45) is 0 Å². The maximum absolute atomic E-state index is 9.66. The molecular formula is C52H36N4O. The van der Waals surface area contributed by atoms with Crippen LogP contribution in [0, 0.1) is 11.3 Å². The van der Waals surface area contributed by atoms with Crippen molar-refractivity contribution in [3.8, 4) is 73.6 Å². The topological polar surface area (TPSA) is 75.6 Å². The second kappa shape index (κ2) is 13.3. The first kappa shape index (κ1) is 33.2. The Morgan fingerprint density at radius 2 is 1.02 bits per heavy atom. The third kappa shape index (κ3) is 5.56. The van der Waals surface area contributed by atoms with Gasteiger partial charge in [-0.3, -0.25) is 0 Å². The highest BCUT2D eigenvalue weighted by Gasteiger charge is 2.43. The van der Waals surface area contributed by atoms with Crippen molar-refractivity contribution in [3.05, 3.63) is 174 Å². The summed E-state index contributed by atoms with van der Waals surface area (Å²) in [6.45, 7) is 0. The van der Waals surface area contributed by atoms with E-state index in [4.69, 9.17) is 19.4 Å². The van der Waals surface area contributed by atoms with Gasteiger partial charge in [0.2, 0.25) is 0 Å². The van der Waals surface area contributed by atoms with Gasteiger partial charge in [0, 0.05) is 32.9 Å². The number of aromatic nitrogens is 3. The van der Waals surface area contributed by atoms with E-state index in [9.17, 15) is 5.26 Å². The van der Waals surface area contributed by atoms with E-state index in [2.05, 4.69) is 103 Å². The summed E-state index contributed by atoms with van der Waals surface area (Å²) in [6, 6.07) is 57.3. The van der Waals surface area contributed by atoms with E-state index in [0.29, 0.717) is 17.5 Å². The van der Waals surface area contributed by atoms with E-state index >= 15 is 0 Å². The molecule has 7 aromatic carbocycles. The molecule has 270 valence electrons. The summed E-state index contributed by atoms with van der Waals surface area (Å²) in [5.41, 5.74) is 15.2. The summed E-state index contributed by atoms with van der Waals surface area (Å²) in [4.78, 5) is 14.9. The van der Waals surface area contributed by atoms with Crippen molar-refractivity contribution in [3.63, 3.8) is 0 Å². The number of rotatable bonds is 5. The molecule has 9 aromatic rings. The number of nitrogens with zero attached hydrogens (tertiary/aromatic N) is 4. The summed E-state index contributed by atoms with van der Waals surface area (Å²) >= 11 is 0. The van der Waals surface area contributed by atoms with Gasteiger partial charge in [0.1, 0.15) is 11.2 Å². The average Bonchev–Trinajstić information content (AvgIpc) is 3.78. The Balaban J connectivity index is 0.909. The van der Waals surface area contributed by atoms with E-state index in [-0.39, 0.29) is 5.41 Å². The molecule has 0 N–H and O–H groups in total. The second-order valence-electron chi connectivity index (χ2n) is 15.4. The smallest absolute Gasteiger partial charge is 0.164 e. The average molecular weight is 733 g/mol. The van der Waals surface area contributed by atoms with Gasteiger partial charge in [-0.2, -0.15) is 5.26 Å². The van der Waals surface area contributed by atoms with Gasteiger partial charge in [0.25, 0.3) is 0 Å². The second-order valence-corrected chi connectivity index (χ2v) is 15.4. The first-order valence-corrected chi connectivity index (χ1v) is 19.8. The summed E-state index contributed by atoms with van der Waals surface area (Å²) < 4.78 is 6.21. The number of hydrogen-bond donors (Lipinski definition) is 0. The van der Waals surface area contributed by atoms with Crippen LogP contribution < -0.4 is 0 Å². The van der Waals surface area contributed by atoms with Gasteiger partial charge in [-0.05, 0) is 93.7 Å². The molecule has 2 aliphatic carbocycles. The van der Waals surface area contributed by atoms with Gasteiger partial charge >= 0.3 is 0 Å². The lowest BCUT2D eigenvalue weighted by Gasteiger charge is -2.36. The van der Waals surface area contributed by atoms with Crippen LogP contribution in [0.25, 0.3) is 89.5 Å². The van der Waals surface area contributed by atoms with E-state index in [0.717, 1.165) is 68.2 Å². The van der Waals surface area contributed by atoms with Crippen LogP contribution in [-0.2, 0) is 5.41 Å². The van der Waals surface area contributed by atoms with Gasteiger partial charge in [0.05, 0.1) is 11.6 Å². The molecular weight excluding hydrogens is 697 g/mol. The Morgan fingerprint density at radius 1 is 0.439 bits per heavy atom. The van der Waals surface area contributed by atoms with Gasteiger partial charge in [-0.15, -0.1) is 0 Å². The number of fused-ring (bicyclic) bond motifs is 8. The summed E-state index contributed by atoms with van der Waals surface area (Å²) in [5, 5.41) is 11.8. The quantitative estimate of drug-likeness (QED) is 0.176. The molecule has 5 nitrogen and oxygen atoms in total. The van der Waals surface area contributed by atoms with Crippen LogP contribution in [0.1, 0.15) is 48.8 Å². The molecule has 0 unspecified atom stereocenters. The highest BCUT2D eigenvalue weighted by Crippen LogP contribution is 2.56. The SMILES string of the molecule is N#Cc1ccc2c(c1)-c1ccc(-c3ccc(-c4ccc(-c5nc(-c6ccccc6)nc(-c6ccc7c(c6)oc6ccccc67)n5)cc4)cc3)cc1C21CCCCC1. The molecule has 0 amide bonds. The monoisotopic (exact) mass is 732 g/mol. The fourth-order valence-corrected chi connectivity index (χ4v) is 9.33. The highest BCUT2D eigenvalue weighted by molar-refractivity contribution is 6.05. The zero-order valence-corrected chi connectivity index (χ0v) is 31.2. The van der Waals surface area contributed by atoms with Crippen LogP contribution in [0.4, 0.5) is 0 Å². The lowest BCUT2D eigenvalue weighted by atomic mass is 9.67. The van der Waals surface area contributed by atoms with Crippen LogP contribution >= 0.6 is 0 Å². The zero-order valence-electron chi connectivity index (χ0n) is 31.2. The van der Waals surface area contributed by atoms with Crippen molar-refractivity contribution in [2.45, 2.75) is 37.5 Å². The molecule has 0 bridgehead atoms. The fraction of sp³-hybridized carbons (Fsp3) is 0.115. The van der Waals surface area contributed by atoms with Crippen molar-refractivity contribution in [1.82, 2.24) is 15.0 Å². The van der Waals surface area contributed by atoms with Crippen molar-refractivity contribution in [2.75, 3.05) is 0 Å². The molecule has 0 saturated heterocycles. The predicted octanol–water partition coefficient (Wildman–Crippen LogP) is 13.2. The third-order valence-electron chi connectivity index (χ3n) is 12.2. The summed E-state index contributed by atoms with van der Waals surface area (Å²) in [6.07, 6.45) is 6.08. The van der Waals surface area contributed by atoms with Gasteiger partial charge < -0.3 is 4.42 Å². The fourth-order valence-electron chi connectivity index (χ4n) is 9.33. The number of hydrogen-bond acceptors (Lipinski definition) is 5. The summed E-state index contributed by atoms with van der Waals surface area (Å²) in [7, 11) is 0. The maximum Gasteiger partial charge on any atom is 0.164 e. The highest BCUT2D eigenvalue weighted by atomic mass is 16.3. The minimum absolute atomic E-state index is 0.0396. The minimum Gasteiger partial charge on any atom is -0.456 e. The molecule has 1 saturated carbocycles. The predicted molar refractivity (Wildman–Crippen MR) is 228 cm³/mol. The van der Waals surface area contributed by atoms with E-state index in [1.54, 1.807) is 0 Å². The summed E-state index contributed by atoms with van der Waals surface area (Å²) in [5.74, 6) is 1.83. The minimum atomic E-state index is 0.0396. The first-order chi connectivity index (χ1) is 28.1. The van der Waals surface area contributed by atoms with Crippen LogP contribution in [0.5, 0.6) is 0 Å². The maximum atomic E-state index is 9.66. The van der Waals surface area contributed by atoms with Crippen molar-refractivity contribution >= 4 is 21.9 Å². The molecule has 0 radical (unpaired) electrons. The number of furan rings is 1. The van der Waals surface area contributed by atoms with Gasteiger partial charge in [-0.1, -0.05) is 141 Å². The lowest BCUT2D eigenvalue weighted by Crippen LogP contribution is -2.28. The molecule has 2 aromatic heterocycles. The molecule has 0 aliphatic heterocycles. The number of benzene rings is 7. The Kier molecular flexibility index (Phi) is 7.72. The molecule has 2 aliphatic rings.